The Labute approximate surface area is 131 Å². The zero-order valence-electron chi connectivity index (χ0n) is 11.4. The van der Waals surface area contributed by atoms with Gasteiger partial charge in [-0.1, -0.05) is 19.1 Å². The summed E-state index contributed by atoms with van der Waals surface area (Å²) in [7, 11) is 0. The number of carbonyl (C=O) groups excluding carboxylic acids is 1. The van der Waals surface area contributed by atoms with Gasteiger partial charge in [-0.15, -0.1) is 0 Å². The number of pyridine rings is 1. The predicted molar refractivity (Wildman–Crippen MR) is 71.5 cm³/mol. The van der Waals surface area contributed by atoms with Gasteiger partial charge in [0.15, 0.2) is 0 Å². The van der Waals surface area contributed by atoms with E-state index in [0.29, 0.717) is 6.42 Å². The fourth-order valence-corrected chi connectivity index (χ4v) is 2.29. The van der Waals surface area contributed by atoms with Crippen LogP contribution in [0.5, 0.6) is 0 Å². The molecule has 1 aromatic rings. The number of aliphatic carboxylic acids is 1. The van der Waals surface area contributed by atoms with Crippen LogP contribution < -0.4 is 5.11 Å². The van der Waals surface area contributed by atoms with Crippen LogP contribution in [0, 0.1) is 5.41 Å². The summed E-state index contributed by atoms with van der Waals surface area (Å²) in [6, 6.07) is 5.76. The van der Waals surface area contributed by atoms with Crippen LogP contribution in [0.4, 0.5) is 0 Å². The smallest absolute Gasteiger partial charge is 0.550 e. The van der Waals surface area contributed by atoms with E-state index in [4.69, 9.17) is 0 Å². The van der Waals surface area contributed by atoms with Gasteiger partial charge in [0, 0.05) is 24.8 Å². The molecule has 0 aliphatic carbocycles. The van der Waals surface area contributed by atoms with Crippen molar-refractivity contribution in [2.75, 3.05) is 0 Å². The molecule has 1 aliphatic heterocycles. The van der Waals surface area contributed by atoms with Crippen molar-refractivity contribution in [2.45, 2.75) is 32.6 Å². The van der Waals surface area contributed by atoms with E-state index < -0.39 is 5.97 Å². The largest absolute Gasteiger partial charge is 2.00 e. The molecular weight excluding hydrogens is 341 g/mol. The first-order chi connectivity index (χ1) is 9.09. The molecule has 0 spiro atoms. The molecule has 2 rings (SSSR count). The van der Waals surface area contributed by atoms with Crippen LogP contribution in [0.3, 0.4) is 0 Å². The molecule has 106 valence electrons. The summed E-state index contributed by atoms with van der Waals surface area (Å²) < 4.78 is 0. The van der Waals surface area contributed by atoms with Crippen LogP contribution in [0.1, 0.15) is 38.3 Å². The van der Waals surface area contributed by atoms with Crippen LogP contribution in [0.25, 0.3) is 0 Å². The summed E-state index contributed by atoms with van der Waals surface area (Å²) in [4.78, 5) is 19.2. The number of carbonyl (C=O) groups is 1. The van der Waals surface area contributed by atoms with Crippen molar-refractivity contribution in [3.05, 3.63) is 42.4 Å². The fourth-order valence-electron chi connectivity index (χ4n) is 2.29. The average Bonchev–Trinajstić information content (AvgIpc) is 2.39. The van der Waals surface area contributed by atoms with Crippen molar-refractivity contribution < 1.29 is 29.4 Å². The van der Waals surface area contributed by atoms with Crippen LogP contribution >= 0.6 is 0 Å². The quantitative estimate of drug-likeness (QED) is 0.753. The number of aromatic nitrogens is 1. The summed E-state index contributed by atoms with van der Waals surface area (Å²) in [6.07, 6.45) is 7.93. The summed E-state index contributed by atoms with van der Waals surface area (Å²) in [5.74, 6) is -0.984. The van der Waals surface area contributed by atoms with Gasteiger partial charge in [0.1, 0.15) is 0 Å². The third kappa shape index (κ3) is 4.64. The van der Waals surface area contributed by atoms with E-state index in [1.165, 1.54) is 0 Å². The van der Waals surface area contributed by atoms with Gasteiger partial charge in [0.05, 0.1) is 11.4 Å². The van der Waals surface area contributed by atoms with Gasteiger partial charge in [-0.05, 0) is 36.8 Å². The maximum atomic E-state index is 10.5. The van der Waals surface area contributed by atoms with Crippen LogP contribution in [-0.4, -0.2) is 16.7 Å². The maximum Gasteiger partial charge on any atom is 2.00 e. The third-order valence-electron chi connectivity index (χ3n) is 3.37. The average molecular weight is 358 g/mol. The minimum Gasteiger partial charge on any atom is -0.550 e. The predicted octanol–water partition coefficient (Wildman–Crippen LogP) is 1.71. The number of hydrogen-bond donors (Lipinski definition) is 0. The molecule has 1 aliphatic rings. The number of carboxylic acid groups (broad SMARTS) is 1. The molecular formula is C15H17N2O2Ru+. The van der Waals surface area contributed by atoms with Crippen LogP contribution in [-0.2, 0) is 24.3 Å². The molecule has 4 nitrogen and oxygen atoms in total. The van der Waals surface area contributed by atoms with Crippen LogP contribution in [0.15, 0.2) is 41.7 Å². The van der Waals surface area contributed by atoms with E-state index in [0.717, 1.165) is 24.2 Å². The molecule has 0 amide bonds. The minimum atomic E-state index is -0.984. The Morgan fingerprint density at radius 1 is 1.45 bits per heavy atom. The third-order valence-corrected chi connectivity index (χ3v) is 3.37. The summed E-state index contributed by atoms with van der Waals surface area (Å²) in [5, 5.41) is 10.5. The van der Waals surface area contributed by atoms with Gasteiger partial charge in [-0.25, -0.2) is 0 Å². The molecule has 0 saturated heterocycles. The molecule has 1 aromatic heterocycles. The standard InChI is InChI=1S/C15H18N2O2.Ru/c1-15(7-4-6-14(18)19)8-10-17-13(11-15)12-5-2-3-9-16-12;/h2-3,5,8-10H,4,6-7,11H2,1H3,(H,18,19);/q;+2/p-1. The van der Waals surface area contributed by atoms with Crippen molar-refractivity contribution >= 4 is 11.7 Å². The van der Waals surface area contributed by atoms with E-state index in [1.807, 2.05) is 18.2 Å². The Morgan fingerprint density at radius 2 is 2.25 bits per heavy atom. The van der Waals surface area contributed by atoms with Gasteiger partial charge in [0.25, 0.3) is 0 Å². The van der Waals surface area contributed by atoms with Crippen molar-refractivity contribution in [2.24, 2.45) is 10.4 Å². The molecule has 0 aromatic carbocycles. The molecule has 2 heterocycles. The number of nitrogens with zero attached hydrogens (tertiary/aromatic N) is 2. The van der Waals surface area contributed by atoms with Gasteiger partial charge < -0.3 is 9.90 Å². The van der Waals surface area contributed by atoms with Gasteiger partial charge in [-0.2, -0.15) is 0 Å². The molecule has 1 unspecified atom stereocenters. The molecule has 1 atom stereocenters. The first kappa shape index (κ1) is 16.7. The topological polar surface area (TPSA) is 65.4 Å². The van der Waals surface area contributed by atoms with Gasteiger partial charge >= 0.3 is 19.5 Å². The Kier molecular flexibility index (Phi) is 6.21. The second-order valence-corrected chi connectivity index (χ2v) is 5.16. The summed E-state index contributed by atoms with van der Waals surface area (Å²) in [6.45, 7) is 2.12. The Morgan fingerprint density at radius 3 is 2.90 bits per heavy atom. The van der Waals surface area contributed by atoms with E-state index in [9.17, 15) is 9.90 Å². The van der Waals surface area contributed by atoms with E-state index >= 15 is 0 Å². The second kappa shape index (κ2) is 7.44. The Balaban J connectivity index is 0.00000200. The SMILES string of the molecule is CC1(CCCC(=O)[O-])C=CN=C(c2ccccn2)C1.[Ru+2]. The summed E-state index contributed by atoms with van der Waals surface area (Å²) in [5.41, 5.74) is 1.79. The first-order valence-corrected chi connectivity index (χ1v) is 6.45. The van der Waals surface area contributed by atoms with E-state index in [1.54, 1.807) is 12.4 Å². The second-order valence-electron chi connectivity index (χ2n) is 5.16. The molecule has 0 N–H and O–H groups in total. The zero-order chi connectivity index (χ0) is 13.7. The Hall–Kier alpha value is -1.35. The monoisotopic (exact) mass is 359 g/mol. The van der Waals surface area contributed by atoms with E-state index in [-0.39, 0.29) is 31.3 Å². The zero-order valence-corrected chi connectivity index (χ0v) is 13.1. The van der Waals surface area contributed by atoms with Crippen molar-refractivity contribution in [1.82, 2.24) is 4.98 Å². The Bertz CT molecular complexity index is 514. The normalized spacial score (nSPS) is 20.9. The number of rotatable bonds is 5. The van der Waals surface area contributed by atoms with Crippen molar-refractivity contribution in [3.63, 3.8) is 0 Å². The van der Waals surface area contributed by atoms with Crippen molar-refractivity contribution in [1.29, 1.82) is 0 Å². The number of hydrogen-bond acceptors (Lipinski definition) is 4. The number of carboxylic acids is 1. The van der Waals surface area contributed by atoms with Gasteiger partial charge in [0.2, 0.25) is 0 Å². The fraction of sp³-hybridized carbons (Fsp3) is 0.400. The van der Waals surface area contributed by atoms with Crippen molar-refractivity contribution in [3.8, 4) is 0 Å². The summed E-state index contributed by atoms with van der Waals surface area (Å²) >= 11 is 0. The molecule has 0 saturated carbocycles. The van der Waals surface area contributed by atoms with Crippen LogP contribution in [0.2, 0.25) is 0 Å². The molecule has 0 radical (unpaired) electrons. The molecule has 5 heteroatoms. The molecule has 0 fully saturated rings. The number of aliphatic imine (C=N–C) groups is 1. The molecule has 20 heavy (non-hydrogen) atoms. The first-order valence-electron chi connectivity index (χ1n) is 6.45. The van der Waals surface area contributed by atoms with E-state index in [2.05, 4.69) is 23.0 Å². The maximum absolute atomic E-state index is 10.5. The number of allylic oxidation sites excluding steroid dienone is 1. The van der Waals surface area contributed by atoms with Gasteiger partial charge in [-0.3, -0.25) is 9.98 Å². The molecule has 0 bridgehead atoms. The minimum absolute atomic E-state index is 0.